The largest absolute Gasteiger partial charge is 0.490 e. The molecule has 2 saturated heterocycles. The number of halogens is 6. The van der Waals surface area contributed by atoms with E-state index in [2.05, 4.69) is 32.2 Å². The minimum atomic E-state index is -5.08. The van der Waals surface area contributed by atoms with E-state index in [1.54, 1.807) is 0 Å². The second-order valence-electron chi connectivity index (χ2n) is 7.71. The van der Waals surface area contributed by atoms with Crippen molar-refractivity contribution in [2.75, 3.05) is 6.54 Å². The summed E-state index contributed by atoms with van der Waals surface area (Å²) in [6.45, 7) is 3.88. The number of carboxylic acid groups (broad SMARTS) is 2. The topological polar surface area (TPSA) is 139 Å². The predicted molar refractivity (Wildman–Crippen MR) is 106 cm³/mol. The quantitative estimate of drug-likeness (QED) is 0.569. The molecule has 2 aromatic rings. The van der Waals surface area contributed by atoms with Crippen LogP contribution in [0.3, 0.4) is 0 Å². The zero-order valence-corrected chi connectivity index (χ0v) is 18.7. The number of aryl methyl sites for hydroxylation is 1. The van der Waals surface area contributed by atoms with Crippen LogP contribution in [-0.4, -0.2) is 73.2 Å². The zero-order valence-electron chi connectivity index (χ0n) is 18.7. The monoisotopic (exact) mass is 528 g/mol. The van der Waals surface area contributed by atoms with Gasteiger partial charge in [-0.1, -0.05) is 5.16 Å². The van der Waals surface area contributed by atoms with Crippen LogP contribution in [0.2, 0.25) is 0 Å². The van der Waals surface area contributed by atoms with Crippen LogP contribution in [-0.2, 0) is 20.9 Å². The maximum absolute atomic E-state index is 10.6. The zero-order chi connectivity index (χ0) is 27.1. The Morgan fingerprint density at radius 2 is 1.58 bits per heavy atom. The molecule has 200 valence electrons. The Morgan fingerprint density at radius 1 is 1.03 bits per heavy atom. The fraction of sp³-hybridized carbons (Fsp3) is 0.550. The summed E-state index contributed by atoms with van der Waals surface area (Å²) >= 11 is 0. The van der Waals surface area contributed by atoms with E-state index < -0.39 is 24.3 Å². The van der Waals surface area contributed by atoms with Crippen LogP contribution in [0.4, 0.5) is 26.3 Å². The van der Waals surface area contributed by atoms with Gasteiger partial charge in [-0.05, 0) is 43.9 Å². The predicted octanol–water partition coefficient (Wildman–Crippen LogP) is 3.53. The van der Waals surface area contributed by atoms with Gasteiger partial charge >= 0.3 is 24.3 Å². The number of pyridine rings is 1. The molecule has 4 rings (SSSR count). The van der Waals surface area contributed by atoms with Crippen molar-refractivity contribution in [1.29, 1.82) is 0 Å². The first-order valence-electron chi connectivity index (χ1n) is 10.4. The SMILES string of the molecule is Cc1noc([C@@H]2CC[C@@H]3[C@@H](CCN3Cc3ccncc3)O2)n1.O=C(O)C(F)(F)F.O=C(O)C(F)(F)F. The van der Waals surface area contributed by atoms with Gasteiger partial charge in [0, 0.05) is 31.5 Å². The van der Waals surface area contributed by atoms with Crippen molar-refractivity contribution >= 4 is 11.9 Å². The molecule has 2 N–H and O–H groups in total. The van der Waals surface area contributed by atoms with E-state index in [1.165, 1.54) is 5.56 Å². The Bertz CT molecular complexity index is 977. The lowest BCUT2D eigenvalue weighted by Gasteiger charge is -2.34. The molecule has 0 aromatic carbocycles. The molecule has 4 heterocycles. The Morgan fingerprint density at radius 3 is 2.06 bits per heavy atom. The molecule has 36 heavy (non-hydrogen) atoms. The summed E-state index contributed by atoms with van der Waals surface area (Å²) in [6, 6.07) is 4.66. The molecule has 10 nitrogen and oxygen atoms in total. The fourth-order valence-corrected chi connectivity index (χ4v) is 3.56. The molecule has 0 unspecified atom stereocenters. The van der Waals surface area contributed by atoms with Gasteiger partial charge in [-0.3, -0.25) is 9.88 Å². The highest BCUT2D eigenvalue weighted by molar-refractivity contribution is 5.73. The third-order valence-electron chi connectivity index (χ3n) is 5.10. The van der Waals surface area contributed by atoms with Gasteiger partial charge in [0.1, 0.15) is 6.10 Å². The van der Waals surface area contributed by atoms with E-state index in [0.717, 1.165) is 32.4 Å². The number of aliphatic carboxylic acids is 2. The van der Waals surface area contributed by atoms with Crippen molar-refractivity contribution in [3.8, 4) is 0 Å². The Balaban J connectivity index is 0.000000271. The summed E-state index contributed by atoms with van der Waals surface area (Å²) in [7, 11) is 0. The Hall–Kier alpha value is -3.27. The minimum absolute atomic E-state index is 0.0386. The van der Waals surface area contributed by atoms with Gasteiger partial charge in [0.05, 0.1) is 6.10 Å². The highest BCUT2D eigenvalue weighted by Gasteiger charge is 2.41. The summed E-state index contributed by atoms with van der Waals surface area (Å²) in [5, 5.41) is 18.1. The van der Waals surface area contributed by atoms with Gasteiger partial charge < -0.3 is 19.5 Å². The van der Waals surface area contributed by atoms with Crippen LogP contribution in [0, 0.1) is 6.92 Å². The van der Waals surface area contributed by atoms with Crippen LogP contribution in [0.25, 0.3) is 0 Å². The Kier molecular flexibility index (Phi) is 9.75. The van der Waals surface area contributed by atoms with Gasteiger partial charge in [-0.25, -0.2) is 9.59 Å². The van der Waals surface area contributed by atoms with E-state index in [1.807, 2.05) is 19.3 Å². The minimum Gasteiger partial charge on any atom is -0.475 e. The van der Waals surface area contributed by atoms with Crippen LogP contribution in [0.5, 0.6) is 0 Å². The summed E-state index contributed by atoms with van der Waals surface area (Å²) in [5.74, 6) is -4.21. The summed E-state index contributed by atoms with van der Waals surface area (Å²) in [4.78, 5) is 28.7. The number of fused-ring (bicyclic) bond motifs is 1. The molecule has 0 amide bonds. The van der Waals surface area contributed by atoms with Gasteiger partial charge in [-0.2, -0.15) is 31.3 Å². The fourth-order valence-electron chi connectivity index (χ4n) is 3.56. The van der Waals surface area contributed by atoms with Crippen molar-refractivity contribution < 1.29 is 55.4 Å². The van der Waals surface area contributed by atoms with Crippen molar-refractivity contribution in [3.05, 3.63) is 41.8 Å². The van der Waals surface area contributed by atoms with Gasteiger partial charge in [0.15, 0.2) is 5.82 Å². The molecule has 0 spiro atoms. The lowest BCUT2D eigenvalue weighted by Crippen LogP contribution is -2.40. The molecular formula is C20H22F6N4O6. The van der Waals surface area contributed by atoms with Crippen molar-refractivity contribution in [2.45, 2.75) is 63.3 Å². The lowest BCUT2D eigenvalue weighted by atomic mass is 9.99. The second-order valence-corrected chi connectivity index (χ2v) is 7.71. The third-order valence-corrected chi connectivity index (χ3v) is 5.10. The number of aromatic nitrogens is 3. The maximum Gasteiger partial charge on any atom is 0.490 e. The molecule has 0 saturated carbocycles. The molecule has 0 aliphatic carbocycles. The highest BCUT2D eigenvalue weighted by atomic mass is 19.4. The first-order chi connectivity index (χ1) is 16.7. The standard InChI is InChI=1S/C16H20N4O2.2C2HF3O2/c1-11-18-16(22-19-11)15-3-2-13-14(21-15)6-9-20(13)10-12-4-7-17-8-5-12;2*3-2(4,5)1(6)7/h4-5,7-8,13-15H,2-3,6,9-10H2,1H3;2*(H,6,7)/t13-,14-,15+;;/m1../s1. The van der Waals surface area contributed by atoms with Crippen molar-refractivity contribution in [3.63, 3.8) is 0 Å². The number of hydrogen-bond donors (Lipinski definition) is 2. The van der Waals surface area contributed by atoms with E-state index in [4.69, 9.17) is 29.1 Å². The number of hydrogen-bond acceptors (Lipinski definition) is 8. The number of carbonyl (C=O) groups is 2. The van der Waals surface area contributed by atoms with E-state index in [9.17, 15) is 26.3 Å². The van der Waals surface area contributed by atoms with Gasteiger partial charge in [0.25, 0.3) is 5.89 Å². The number of ether oxygens (including phenoxy) is 1. The molecule has 2 aliphatic rings. The highest BCUT2D eigenvalue weighted by Crippen LogP contribution is 2.38. The van der Waals surface area contributed by atoms with Crippen LogP contribution in [0.15, 0.2) is 29.0 Å². The molecule has 3 atom stereocenters. The molecule has 0 bridgehead atoms. The molecule has 2 fully saturated rings. The maximum atomic E-state index is 10.6. The van der Waals surface area contributed by atoms with Gasteiger partial charge in [0.2, 0.25) is 0 Å². The third kappa shape index (κ3) is 8.75. The Labute approximate surface area is 199 Å². The number of carboxylic acids is 2. The summed E-state index contributed by atoms with van der Waals surface area (Å²) < 4.78 is 75.0. The normalized spacial score (nSPS) is 21.9. The van der Waals surface area contributed by atoms with E-state index in [-0.39, 0.29) is 12.2 Å². The molecule has 16 heteroatoms. The van der Waals surface area contributed by atoms with Crippen LogP contribution in [0.1, 0.15) is 42.6 Å². The summed E-state index contributed by atoms with van der Waals surface area (Å²) in [5.41, 5.74) is 1.31. The van der Waals surface area contributed by atoms with Gasteiger partial charge in [-0.15, -0.1) is 0 Å². The van der Waals surface area contributed by atoms with E-state index >= 15 is 0 Å². The number of nitrogens with zero attached hydrogens (tertiary/aromatic N) is 4. The second kappa shape index (κ2) is 12.1. The number of rotatable bonds is 3. The van der Waals surface area contributed by atoms with E-state index in [0.29, 0.717) is 17.8 Å². The number of alkyl halides is 6. The molecule has 0 radical (unpaired) electrons. The average Bonchev–Trinajstić information content (AvgIpc) is 3.40. The first kappa shape index (κ1) is 29.0. The molecule has 2 aliphatic heterocycles. The molecule has 2 aromatic heterocycles. The molecular weight excluding hydrogens is 506 g/mol. The van der Waals surface area contributed by atoms with Crippen LogP contribution >= 0.6 is 0 Å². The summed E-state index contributed by atoms with van der Waals surface area (Å²) in [6.07, 6.45) is -3.10. The smallest absolute Gasteiger partial charge is 0.475 e. The lowest BCUT2D eigenvalue weighted by molar-refractivity contribution is -0.193. The number of likely N-dealkylation sites (tertiary alicyclic amines) is 1. The van der Waals surface area contributed by atoms with Crippen LogP contribution < -0.4 is 0 Å². The first-order valence-corrected chi connectivity index (χ1v) is 10.4. The van der Waals surface area contributed by atoms with Crippen molar-refractivity contribution in [2.24, 2.45) is 0 Å². The average molecular weight is 528 g/mol. The van der Waals surface area contributed by atoms with Crippen molar-refractivity contribution in [1.82, 2.24) is 20.0 Å².